The molecular weight excluding hydrogens is 224 g/mol. The van der Waals surface area contributed by atoms with Gasteiger partial charge in [-0.15, -0.1) is 0 Å². The van der Waals surface area contributed by atoms with Crippen molar-refractivity contribution in [3.63, 3.8) is 0 Å². The summed E-state index contributed by atoms with van der Waals surface area (Å²) in [4.78, 5) is 2.60. The first kappa shape index (κ1) is 15.9. The van der Waals surface area contributed by atoms with E-state index in [1.807, 2.05) is 0 Å². The van der Waals surface area contributed by atoms with Crippen molar-refractivity contribution in [1.29, 1.82) is 0 Å². The van der Waals surface area contributed by atoms with Gasteiger partial charge in [0.15, 0.2) is 0 Å². The molecule has 1 saturated heterocycles. The van der Waals surface area contributed by atoms with Gasteiger partial charge < -0.3 is 10.1 Å². The lowest BCUT2D eigenvalue weighted by atomic mass is 9.98. The van der Waals surface area contributed by atoms with Crippen molar-refractivity contribution in [3.05, 3.63) is 0 Å². The second-order valence-corrected chi connectivity index (χ2v) is 6.78. The summed E-state index contributed by atoms with van der Waals surface area (Å²) in [5, 5.41) is 3.67. The highest BCUT2D eigenvalue weighted by atomic mass is 16.5. The molecule has 18 heavy (non-hydrogen) atoms. The van der Waals surface area contributed by atoms with E-state index in [0.717, 1.165) is 26.2 Å². The summed E-state index contributed by atoms with van der Waals surface area (Å²) in [6, 6.07) is 1.30. The third kappa shape index (κ3) is 5.25. The average molecular weight is 256 g/mol. The van der Waals surface area contributed by atoms with Crippen molar-refractivity contribution in [2.75, 3.05) is 26.2 Å². The Hall–Kier alpha value is -0.120. The Kier molecular flexibility index (Phi) is 6.09. The lowest BCUT2D eigenvalue weighted by Gasteiger charge is -2.42. The highest BCUT2D eigenvalue weighted by Crippen LogP contribution is 2.15. The molecule has 1 aliphatic rings. The molecule has 0 aliphatic carbocycles. The maximum Gasteiger partial charge on any atom is 0.0600 e. The molecule has 0 saturated carbocycles. The van der Waals surface area contributed by atoms with E-state index in [1.54, 1.807) is 0 Å². The van der Waals surface area contributed by atoms with E-state index in [0.29, 0.717) is 18.0 Å². The van der Waals surface area contributed by atoms with Crippen LogP contribution in [0, 0.1) is 5.92 Å². The number of nitrogens with one attached hydrogen (secondary N) is 1. The zero-order valence-corrected chi connectivity index (χ0v) is 13.1. The van der Waals surface area contributed by atoms with Gasteiger partial charge in [0, 0.05) is 31.7 Å². The fourth-order valence-corrected chi connectivity index (χ4v) is 2.47. The fraction of sp³-hybridized carbons (Fsp3) is 1.00. The zero-order valence-electron chi connectivity index (χ0n) is 13.1. The summed E-state index contributed by atoms with van der Waals surface area (Å²) in [7, 11) is 0. The van der Waals surface area contributed by atoms with Gasteiger partial charge in [-0.05, 0) is 33.1 Å². The van der Waals surface area contributed by atoms with Crippen LogP contribution in [0.2, 0.25) is 0 Å². The Morgan fingerprint density at radius 2 is 2.00 bits per heavy atom. The molecular formula is C15H32N2O. The van der Waals surface area contributed by atoms with Crippen molar-refractivity contribution in [2.24, 2.45) is 5.92 Å². The molecule has 1 aliphatic heterocycles. The van der Waals surface area contributed by atoms with Gasteiger partial charge in [-0.25, -0.2) is 0 Å². The predicted molar refractivity (Wildman–Crippen MR) is 78.0 cm³/mol. The standard InChI is InChI=1S/C15H32N2O/c1-7-13-10-16-14(12(2)3)11-17(13)8-9-18-15(4,5)6/h12-14,16H,7-11H2,1-6H3. The zero-order chi connectivity index (χ0) is 13.8. The molecule has 0 bridgehead atoms. The molecule has 0 amide bonds. The number of rotatable bonds is 5. The minimum Gasteiger partial charge on any atom is -0.375 e. The van der Waals surface area contributed by atoms with Crippen LogP contribution in [-0.4, -0.2) is 48.8 Å². The van der Waals surface area contributed by atoms with Crippen molar-refractivity contribution in [2.45, 2.75) is 65.6 Å². The number of piperazine rings is 1. The molecule has 0 radical (unpaired) electrons. The minimum atomic E-state index is -0.0206. The van der Waals surface area contributed by atoms with E-state index < -0.39 is 0 Å². The fourth-order valence-electron chi connectivity index (χ4n) is 2.47. The van der Waals surface area contributed by atoms with Gasteiger partial charge in [0.05, 0.1) is 12.2 Å². The lowest BCUT2D eigenvalue weighted by Crippen LogP contribution is -2.58. The number of nitrogens with zero attached hydrogens (tertiary/aromatic N) is 1. The van der Waals surface area contributed by atoms with Crippen molar-refractivity contribution >= 4 is 0 Å². The van der Waals surface area contributed by atoms with Crippen LogP contribution >= 0.6 is 0 Å². The predicted octanol–water partition coefficient (Wildman–Crippen LogP) is 2.51. The summed E-state index contributed by atoms with van der Waals surface area (Å²) < 4.78 is 5.86. The van der Waals surface area contributed by atoms with E-state index in [1.165, 1.54) is 6.42 Å². The molecule has 0 spiro atoms. The Morgan fingerprint density at radius 1 is 1.33 bits per heavy atom. The number of hydrogen-bond acceptors (Lipinski definition) is 3. The van der Waals surface area contributed by atoms with E-state index in [2.05, 4.69) is 51.8 Å². The van der Waals surface area contributed by atoms with Crippen molar-refractivity contribution in [1.82, 2.24) is 10.2 Å². The van der Waals surface area contributed by atoms with E-state index in [4.69, 9.17) is 4.74 Å². The van der Waals surface area contributed by atoms with Crippen LogP contribution in [0.25, 0.3) is 0 Å². The highest BCUT2D eigenvalue weighted by Gasteiger charge is 2.28. The Bertz CT molecular complexity index is 235. The third-order valence-electron chi connectivity index (χ3n) is 3.75. The molecule has 1 rings (SSSR count). The van der Waals surface area contributed by atoms with Crippen LogP contribution in [0.15, 0.2) is 0 Å². The first-order chi connectivity index (χ1) is 8.33. The molecule has 0 aromatic heterocycles. The molecule has 1 heterocycles. The van der Waals surface area contributed by atoms with E-state index in [-0.39, 0.29) is 5.60 Å². The summed E-state index contributed by atoms with van der Waals surface area (Å²) in [5.74, 6) is 0.703. The van der Waals surface area contributed by atoms with Crippen molar-refractivity contribution < 1.29 is 4.74 Å². The SMILES string of the molecule is CCC1CNC(C(C)C)CN1CCOC(C)(C)C. The quantitative estimate of drug-likeness (QED) is 0.818. The summed E-state index contributed by atoms with van der Waals surface area (Å²) >= 11 is 0. The summed E-state index contributed by atoms with van der Waals surface area (Å²) in [5.41, 5.74) is -0.0206. The smallest absolute Gasteiger partial charge is 0.0600 e. The van der Waals surface area contributed by atoms with Gasteiger partial charge in [-0.1, -0.05) is 20.8 Å². The Labute approximate surface area is 113 Å². The summed E-state index contributed by atoms with van der Waals surface area (Å²) in [6.45, 7) is 17.4. The maximum absolute atomic E-state index is 5.86. The summed E-state index contributed by atoms with van der Waals surface area (Å²) in [6.07, 6.45) is 1.22. The molecule has 1 N–H and O–H groups in total. The topological polar surface area (TPSA) is 24.5 Å². The molecule has 2 unspecified atom stereocenters. The lowest BCUT2D eigenvalue weighted by molar-refractivity contribution is -0.0237. The normalized spacial score (nSPS) is 26.8. The van der Waals surface area contributed by atoms with Gasteiger partial charge >= 0.3 is 0 Å². The van der Waals surface area contributed by atoms with Crippen molar-refractivity contribution in [3.8, 4) is 0 Å². The van der Waals surface area contributed by atoms with Gasteiger partial charge in [-0.3, -0.25) is 4.90 Å². The Morgan fingerprint density at radius 3 is 2.50 bits per heavy atom. The largest absolute Gasteiger partial charge is 0.375 e. The first-order valence-corrected chi connectivity index (χ1v) is 7.45. The van der Waals surface area contributed by atoms with Gasteiger partial charge in [-0.2, -0.15) is 0 Å². The molecule has 0 aromatic carbocycles. The molecule has 0 aromatic rings. The highest BCUT2D eigenvalue weighted by molar-refractivity contribution is 4.86. The second-order valence-electron chi connectivity index (χ2n) is 6.78. The van der Waals surface area contributed by atoms with Crippen LogP contribution in [0.5, 0.6) is 0 Å². The van der Waals surface area contributed by atoms with Gasteiger partial charge in [0.2, 0.25) is 0 Å². The van der Waals surface area contributed by atoms with Crippen LogP contribution in [0.4, 0.5) is 0 Å². The van der Waals surface area contributed by atoms with Gasteiger partial charge in [0.25, 0.3) is 0 Å². The monoisotopic (exact) mass is 256 g/mol. The third-order valence-corrected chi connectivity index (χ3v) is 3.75. The van der Waals surface area contributed by atoms with E-state index >= 15 is 0 Å². The first-order valence-electron chi connectivity index (χ1n) is 7.45. The molecule has 1 fully saturated rings. The van der Waals surface area contributed by atoms with Crippen LogP contribution in [-0.2, 0) is 4.74 Å². The van der Waals surface area contributed by atoms with Crippen LogP contribution in [0.3, 0.4) is 0 Å². The Balaban J connectivity index is 2.43. The van der Waals surface area contributed by atoms with Gasteiger partial charge in [0.1, 0.15) is 0 Å². The van der Waals surface area contributed by atoms with Crippen LogP contribution in [0.1, 0.15) is 48.0 Å². The van der Waals surface area contributed by atoms with Crippen LogP contribution < -0.4 is 5.32 Å². The molecule has 3 heteroatoms. The maximum atomic E-state index is 5.86. The molecule has 108 valence electrons. The number of ether oxygens (including phenoxy) is 1. The second kappa shape index (κ2) is 6.88. The minimum absolute atomic E-state index is 0.0206. The number of hydrogen-bond donors (Lipinski definition) is 1. The van der Waals surface area contributed by atoms with E-state index in [9.17, 15) is 0 Å². The average Bonchev–Trinajstić information content (AvgIpc) is 2.27. The molecule has 2 atom stereocenters. The molecule has 3 nitrogen and oxygen atoms in total.